The first-order valence-electron chi connectivity index (χ1n) is 8.80. The van der Waals surface area contributed by atoms with E-state index in [0.717, 1.165) is 16.8 Å². The van der Waals surface area contributed by atoms with Gasteiger partial charge in [0.25, 0.3) is 0 Å². The Labute approximate surface area is 177 Å². The summed E-state index contributed by atoms with van der Waals surface area (Å²) in [6.07, 6.45) is 0. The van der Waals surface area contributed by atoms with Crippen LogP contribution in [-0.4, -0.2) is 26.4 Å². The molecular formula is C20H20ClFN4O2S. The number of hydrogen-bond acceptors (Lipinski definition) is 5. The second kappa shape index (κ2) is 9.28. The van der Waals surface area contributed by atoms with Gasteiger partial charge in [-0.25, -0.2) is 4.39 Å². The van der Waals surface area contributed by atoms with E-state index in [1.807, 2.05) is 32.0 Å². The summed E-state index contributed by atoms with van der Waals surface area (Å²) in [5.41, 5.74) is 2.97. The maximum absolute atomic E-state index is 13.1. The molecule has 0 saturated heterocycles. The molecule has 0 atom stereocenters. The van der Waals surface area contributed by atoms with Crippen molar-refractivity contribution in [3.05, 3.63) is 64.2 Å². The van der Waals surface area contributed by atoms with Crippen molar-refractivity contribution in [3.8, 4) is 5.75 Å². The molecule has 6 nitrogen and oxygen atoms in total. The van der Waals surface area contributed by atoms with Crippen LogP contribution in [0.2, 0.25) is 5.02 Å². The number of hydrogen-bond donors (Lipinski definition) is 1. The topological polar surface area (TPSA) is 69.0 Å². The minimum Gasteiger partial charge on any atom is -0.484 e. The van der Waals surface area contributed by atoms with Crippen LogP contribution in [0, 0.1) is 19.7 Å². The zero-order chi connectivity index (χ0) is 21.0. The number of ether oxygens (including phenoxy) is 1. The number of aromatic nitrogens is 3. The van der Waals surface area contributed by atoms with Gasteiger partial charge in [0.1, 0.15) is 18.2 Å². The van der Waals surface area contributed by atoms with Gasteiger partial charge >= 0.3 is 0 Å². The lowest BCUT2D eigenvalue weighted by Crippen LogP contribution is -2.15. The quantitative estimate of drug-likeness (QED) is 0.553. The van der Waals surface area contributed by atoms with Crippen LogP contribution in [0.15, 0.2) is 41.6 Å². The highest BCUT2D eigenvalue weighted by atomic mass is 35.5. The van der Waals surface area contributed by atoms with Crippen molar-refractivity contribution in [2.75, 3.05) is 11.1 Å². The summed E-state index contributed by atoms with van der Waals surface area (Å²) in [5.74, 6) is 0.562. The number of aryl methyl sites for hydroxylation is 1. The predicted molar refractivity (Wildman–Crippen MR) is 112 cm³/mol. The van der Waals surface area contributed by atoms with E-state index in [0.29, 0.717) is 16.7 Å². The first-order chi connectivity index (χ1) is 13.8. The van der Waals surface area contributed by atoms with E-state index < -0.39 is 5.82 Å². The standard InChI is InChI=1S/C20H20ClFN4O2S/c1-12-5-4-6-16(13(12)2)23-19(27)11-29-20-25-24-18(26(20)3)10-28-17-8-7-14(22)9-15(17)21/h4-9H,10-11H2,1-3H3,(H,23,27). The molecule has 0 fully saturated rings. The first kappa shape index (κ1) is 21.1. The smallest absolute Gasteiger partial charge is 0.234 e. The van der Waals surface area contributed by atoms with E-state index in [4.69, 9.17) is 16.3 Å². The molecule has 0 bridgehead atoms. The van der Waals surface area contributed by atoms with Crippen LogP contribution in [-0.2, 0) is 18.4 Å². The summed E-state index contributed by atoms with van der Waals surface area (Å²) in [6, 6.07) is 9.71. The molecule has 0 aliphatic rings. The number of benzene rings is 2. The van der Waals surface area contributed by atoms with E-state index >= 15 is 0 Å². The van der Waals surface area contributed by atoms with Crippen molar-refractivity contribution in [2.45, 2.75) is 25.6 Å². The number of nitrogens with zero attached hydrogens (tertiary/aromatic N) is 3. The maximum atomic E-state index is 13.1. The third-order valence-electron chi connectivity index (χ3n) is 4.39. The van der Waals surface area contributed by atoms with Crippen LogP contribution >= 0.6 is 23.4 Å². The number of rotatable bonds is 7. The largest absolute Gasteiger partial charge is 0.484 e. The Morgan fingerprint density at radius 3 is 2.83 bits per heavy atom. The average molecular weight is 435 g/mol. The van der Waals surface area contributed by atoms with Gasteiger partial charge in [-0.2, -0.15) is 0 Å². The fourth-order valence-electron chi connectivity index (χ4n) is 2.53. The Hall–Kier alpha value is -2.58. The normalized spacial score (nSPS) is 10.8. The Bertz CT molecular complexity index is 1040. The molecule has 1 heterocycles. The molecule has 0 saturated carbocycles. The highest BCUT2D eigenvalue weighted by Crippen LogP contribution is 2.26. The van der Waals surface area contributed by atoms with Crippen LogP contribution in [0.5, 0.6) is 5.75 Å². The summed E-state index contributed by atoms with van der Waals surface area (Å²) < 4.78 is 20.4. The average Bonchev–Trinajstić information content (AvgIpc) is 3.03. The molecule has 29 heavy (non-hydrogen) atoms. The molecule has 1 aromatic heterocycles. The molecule has 2 aromatic carbocycles. The van der Waals surface area contributed by atoms with E-state index in [1.165, 1.54) is 30.0 Å². The summed E-state index contributed by atoms with van der Waals surface area (Å²) in [4.78, 5) is 12.3. The number of carbonyl (C=O) groups is 1. The Balaban J connectivity index is 1.56. The monoisotopic (exact) mass is 434 g/mol. The predicted octanol–water partition coefficient (Wildman–Crippen LogP) is 4.53. The fourth-order valence-corrected chi connectivity index (χ4v) is 3.49. The Morgan fingerprint density at radius 2 is 2.07 bits per heavy atom. The lowest BCUT2D eigenvalue weighted by atomic mass is 10.1. The number of anilines is 1. The van der Waals surface area contributed by atoms with Crippen LogP contribution in [0.1, 0.15) is 17.0 Å². The van der Waals surface area contributed by atoms with Gasteiger partial charge in [-0.1, -0.05) is 35.5 Å². The van der Waals surface area contributed by atoms with Gasteiger partial charge < -0.3 is 14.6 Å². The molecule has 9 heteroatoms. The van der Waals surface area contributed by atoms with Gasteiger partial charge in [-0.05, 0) is 49.2 Å². The zero-order valence-corrected chi connectivity index (χ0v) is 17.8. The van der Waals surface area contributed by atoms with Crippen molar-refractivity contribution in [1.29, 1.82) is 0 Å². The highest BCUT2D eigenvalue weighted by Gasteiger charge is 2.13. The van der Waals surface area contributed by atoms with Crippen molar-refractivity contribution in [3.63, 3.8) is 0 Å². The van der Waals surface area contributed by atoms with Gasteiger partial charge in [0.05, 0.1) is 10.8 Å². The molecule has 0 unspecified atom stereocenters. The second-order valence-corrected chi connectivity index (χ2v) is 7.76. The van der Waals surface area contributed by atoms with E-state index in [-0.39, 0.29) is 23.3 Å². The minimum absolute atomic E-state index is 0.115. The summed E-state index contributed by atoms with van der Waals surface area (Å²) in [7, 11) is 1.79. The Morgan fingerprint density at radius 1 is 1.28 bits per heavy atom. The van der Waals surface area contributed by atoms with Crippen molar-refractivity contribution in [2.24, 2.45) is 7.05 Å². The molecule has 0 aliphatic carbocycles. The number of thioether (sulfide) groups is 1. The molecular weight excluding hydrogens is 415 g/mol. The Kier molecular flexibility index (Phi) is 6.76. The van der Waals surface area contributed by atoms with Crippen LogP contribution in [0.4, 0.5) is 10.1 Å². The molecule has 0 radical (unpaired) electrons. The number of carbonyl (C=O) groups excluding carboxylic acids is 1. The lowest BCUT2D eigenvalue weighted by molar-refractivity contribution is -0.113. The number of amides is 1. The minimum atomic E-state index is -0.432. The SMILES string of the molecule is Cc1cccc(NC(=O)CSc2nnc(COc3ccc(F)cc3Cl)n2C)c1C. The number of nitrogens with one attached hydrogen (secondary N) is 1. The molecule has 0 spiro atoms. The van der Waals surface area contributed by atoms with Crippen molar-refractivity contribution < 1.29 is 13.9 Å². The zero-order valence-electron chi connectivity index (χ0n) is 16.2. The van der Waals surface area contributed by atoms with Gasteiger partial charge in [0, 0.05) is 12.7 Å². The first-order valence-corrected chi connectivity index (χ1v) is 10.2. The fraction of sp³-hybridized carbons (Fsp3) is 0.250. The van der Waals surface area contributed by atoms with Crippen molar-refractivity contribution >= 4 is 35.0 Å². The molecule has 1 amide bonds. The van der Waals surface area contributed by atoms with Crippen LogP contribution in [0.25, 0.3) is 0 Å². The van der Waals surface area contributed by atoms with E-state index in [9.17, 15) is 9.18 Å². The molecule has 3 rings (SSSR count). The van der Waals surface area contributed by atoms with Crippen LogP contribution in [0.3, 0.4) is 0 Å². The van der Waals surface area contributed by atoms with E-state index in [2.05, 4.69) is 15.5 Å². The third-order valence-corrected chi connectivity index (χ3v) is 5.70. The van der Waals surface area contributed by atoms with E-state index in [1.54, 1.807) is 11.6 Å². The molecule has 1 N–H and O–H groups in total. The molecule has 152 valence electrons. The van der Waals surface area contributed by atoms with Gasteiger partial charge in [-0.3, -0.25) is 4.79 Å². The maximum Gasteiger partial charge on any atom is 0.234 e. The van der Waals surface area contributed by atoms with Crippen LogP contribution < -0.4 is 10.1 Å². The van der Waals surface area contributed by atoms with Gasteiger partial charge in [0.15, 0.2) is 11.0 Å². The molecule has 0 aliphatic heterocycles. The van der Waals surface area contributed by atoms with Crippen molar-refractivity contribution in [1.82, 2.24) is 14.8 Å². The lowest BCUT2D eigenvalue weighted by Gasteiger charge is -2.10. The highest BCUT2D eigenvalue weighted by molar-refractivity contribution is 7.99. The third kappa shape index (κ3) is 5.27. The summed E-state index contributed by atoms with van der Waals surface area (Å²) >= 11 is 7.23. The second-order valence-electron chi connectivity index (χ2n) is 6.41. The van der Waals surface area contributed by atoms with Gasteiger partial charge in [0.2, 0.25) is 5.91 Å². The molecule has 3 aromatic rings. The van der Waals surface area contributed by atoms with Gasteiger partial charge in [-0.15, -0.1) is 10.2 Å². The number of halogens is 2. The summed E-state index contributed by atoms with van der Waals surface area (Å²) in [5, 5.41) is 11.9. The summed E-state index contributed by atoms with van der Waals surface area (Å²) in [6.45, 7) is 4.09.